The van der Waals surface area contributed by atoms with Crippen LogP contribution in [0.5, 0.6) is 0 Å². The van der Waals surface area contributed by atoms with E-state index >= 15 is 0 Å². The molecule has 146 valence electrons. The van der Waals surface area contributed by atoms with E-state index in [-0.39, 0.29) is 24.3 Å². The lowest BCUT2D eigenvalue weighted by atomic mass is 10.1. The topological polar surface area (TPSA) is 81.4 Å². The van der Waals surface area contributed by atoms with E-state index in [4.69, 9.17) is 5.73 Å². The van der Waals surface area contributed by atoms with Gasteiger partial charge in [-0.3, -0.25) is 9.59 Å². The zero-order valence-corrected chi connectivity index (χ0v) is 16.9. The summed E-state index contributed by atoms with van der Waals surface area (Å²) in [6.07, 6.45) is 0.891. The number of anilines is 1. The molecule has 1 atom stereocenters. The second-order valence-electron chi connectivity index (χ2n) is 5.86. The van der Waals surface area contributed by atoms with Gasteiger partial charge in [-0.2, -0.15) is 11.8 Å². The van der Waals surface area contributed by atoms with Gasteiger partial charge in [-0.15, -0.1) is 12.4 Å². The fourth-order valence-electron chi connectivity index (χ4n) is 2.38. The van der Waals surface area contributed by atoms with Crippen LogP contribution in [0.4, 0.5) is 5.69 Å². The molecule has 5 nitrogen and oxygen atoms in total. The van der Waals surface area contributed by atoms with Crippen molar-refractivity contribution in [1.82, 2.24) is 0 Å². The second kappa shape index (κ2) is 12.4. The Morgan fingerprint density at radius 3 is 2.52 bits per heavy atom. The van der Waals surface area contributed by atoms with Gasteiger partial charge >= 0.3 is 5.97 Å². The fraction of sp³-hybridized carbons (Fsp3) is 0.300. The largest absolute Gasteiger partial charge is 0.469 e. The first-order valence-electron chi connectivity index (χ1n) is 8.42. The van der Waals surface area contributed by atoms with Crippen LogP contribution in [0.3, 0.4) is 0 Å². The van der Waals surface area contributed by atoms with Crippen molar-refractivity contribution < 1.29 is 14.3 Å². The number of carbonyl (C=O) groups is 2. The Hall–Kier alpha value is -2.02. The molecule has 0 radical (unpaired) electrons. The van der Waals surface area contributed by atoms with Crippen LogP contribution >= 0.6 is 24.2 Å². The van der Waals surface area contributed by atoms with Crippen LogP contribution in [0.1, 0.15) is 17.5 Å². The average molecular weight is 409 g/mol. The molecule has 2 rings (SSSR count). The van der Waals surface area contributed by atoms with E-state index < -0.39 is 6.04 Å². The Kier molecular flexibility index (Phi) is 10.6. The van der Waals surface area contributed by atoms with Gasteiger partial charge < -0.3 is 15.8 Å². The Bertz CT molecular complexity index is 728. The molecular formula is C20H25ClN2O3S. The highest BCUT2D eigenvalue weighted by atomic mass is 35.5. The summed E-state index contributed by atoms with van der Waals surface area (Å²) in [6, 6.07) is 16.8. The molecule has 0 aromatic heterocycles. The van der Waals surface area contributed by atoms with Gasteiger partial charge in [-0.05, 0) is 29.7 Å². The molecule has 0 heterocycles. The summed E-state index contributed by atoms with van der Waals surface area (Å²) in [4.78, 5) is 23.4. The lowest BCUT2D eigenvalue weighted by Crippen LogP contribution is -2.37. The zero-order valence-electron chi connectivity index (χ0n) is 15.2. The number of esters is 1. The molecule has 0 aliphatic rings. The van der Waals surface area contributed by atoms with Crippen molar-refractivity contribution in [1.29, 1.82) is 0 Å². The molecule has 27 heavy (non-hydrogen) atoms. The molecule has 0 bridgehead atoms. The van der Waals surface area contributed by atoms with Crippen LogP contribution in [-0.2, 0) is 26.5 Å². The molecule has 0 saturated carbocycles. The van der Waals surface area contributed by atoms with Crippen molar-refractivity contribution in [2.75, 3.05) is 18.2 Å². The molecule has 0 spiro atoms. The van der Waals surface area contributed by atoms with Crippen LogP contribution < -0.4 is 11.1 Å². The first kappa shape index (κ1) is 23.0. The van der Waals surface area contributed by atoms with E-state index in [0.717, 1.165) is 22.6 Å². The number of carbonyl (C=O) groups excluding carboxylic acids is 2. The third kappa shape index (κ3) is 8.47. The SMILES string of the molecule is COC(=O)CCSCc1cccc(NC(=O)[C@@H](N)Cc2ccccc2)c1.Cl. The average Bonchev–Trinajstić information content (AvgIpc) is 2.66. The molecule has 0 aliphatic heterocycles. The smallest absolute Gasteiger partial charge is 0.306 e. The van der Waals surface area contributed by atoms with Crippen molar-refractivity contribution in [2.45, 2.75) is 24.6 Å². The van der Waals surface area contributed by atoms with E-state index in [1.165, 1.54) is 7.11 Å². The Morgan fingerprint density at radius 2 is 1.81 bits per heavy atom. The van der Waals surface area contributed by atoms with E-state index in [0.29, 0.717) is 18.6 Å². The van der Waals surface area contributed by atoms with Crippen LogP contribution in [0.2, 0.25) is 0 Å². The maximum atomic E-state index is 12.3. The molecule has 0 unspecified atom stereocenters. The lowest BCUT2D eigenvalue weighted by molar-refractivity contribution is -0.140. The van der Waals surface area contributed by atoms with Crippen molar-refractivity contribution in [3.63, 3.8) is 0 Å². The minimum Gasteiger partial charge on any atom is -0.469 e. The number of amides is 1. The third-order valence-corrected chi connectivity index (χ3v) is 4.81. The Balaban J connectivity index is 0.00000364. The number of hydrogen-bond acceptors (Lipinski definition) is 5. The van der Waals surface area contributed by atoms with Gasteiger partial charge in [-0.25, -0.2) is 0 Å². The summed E-state index contributed by atoms with van der Waals surface area (Å²) in [6.45, 7) is 0. The number of nitrogens with one attached hydrogen (secondary N) is 1. The maximum absolute atomic E-state index is 12.3. The first-order chi connectivity index (χ1) is 12.6. The first-order valence-corrected chi connectivity index (χ1v) is 9.58. The number of benzene rings is 2. The van der Waals surface area contributed by atoms with E-state index in [1.807, 2.05) is 54.6 Å². The molecule has 0 saturated heterocycles. The van der Waals surface area contributed by atoms with E-state index in [2.05, 4.69) is 10.1 Å². The quantitative estimate of drug-likeness (QED) is 0.490. The number of methoxy groups -OCH3 is 1. The molecule has 0 aliphatic carbocycles. The van der Waals surface area contributed by atoms with Gasteiger partial charge in [0.05, 0.1) is 19.6 Å². The molecular weight excluding hydrogens is 384 g/mol. The summed E-state index contributed by atoms with van der Waals surface area (Å²) >= 11 is 1.65. The highest BCUT2D eigenvalue weighted by molar-refractivity contribution is 7.98. The molecule has 1 amide bonds. The van der Waals surface area contributed by atoms with Crippen LogP contribution in [-0.4, -0.2) is 30.8 Å². The third-order valence-electron chi connectivity index (χ3n) is 3.78. The van der Waals surface area contributed by atoms with Gasteiger partial charge in [0.2, 0.25) is 5.91 Å². The summed E-state index contributed by atoms with van der Waals surface area (Å²) in [7, 11) is 1.39. The summed E-state index contributed by atoms with van der Waals surface area (Å²) < 4.78 is 4.62. The minimum absolute atomic E-state index is 0. The second-order valence-corrected chi connectivity index (χ2v) is 6.97. The van der Waals surface area contributed by atoms with Gasteiger partial charge in [-0.1, -0.05) is 42.5 Å². The highest BCUT2D eigenvalue weighted by Crippen LogP contribution is 2.17. The van der Waals surface area contributed by atoms with Gasteiger partial charge in [0.25, 0.3) is 0 Å². The molecule has 0 fully saturated rings. The number of halogens is 1. The lowest BCUT2D eigenvalue weighted by Gasteiger charge is -2.13. The van der Waals surface area contributed by atoms with Gasteiger partial charge in [0.15, 0.2) is 0 Å². The number of thioether (sulfide) groups is 1. The normalized spacial score (nSPS) is 11.2. The number of ether oxygens (including phenoxy) is 1. The van der Waals surface area contributed by atoms with Gasteiger partial charge in [0.1, 0.15) is 0 Å². The van der Waals surface area contributed by atoms with Crippen molar-refractivity contribution in [2.24, 2.45) is 5.73 Å². The number of nitrogens with two attached hydrogens (primary N) is 1. The number of rotatable bonds is 9. The standard InChI is InChI=1S/C20H24N2O3S.ClH/c1-25-19(23)10-11-26-14-16-8-5-9-17(12-16)22-20(24)18(21)13-15-6-3-2-4-7-15;/h2-9,12,18H,10-11,13-14,21H2,1H3,(H,22,24);1H/t18-;/m0./s1. The summed E-state index contributed by atoms with van der Waals surface area (Å²) in [5.41, 5.74) is 8.85. The van der Waals surface area contributed by atoms with Crippen LogP contribution in [0.15, 0.2) is 54.6 Å². The van der Waals surface area contributed by atoms with Crippen LogP contribution in [0, 0.1) is 0 Å². The Morgan fingerprint density at radius 1 is 1.11 bits per heavy atom. The Labute approximate surface area is 170 Å². The molecule has 2 aromatic carbocycles. The minimum atomic E-state index is -0.601. The van der Waals surface area contributed by atoms with Crippen molar-refractivity contribution in [3.05, 3.63) is 65.7 Å². The zero-order chi connectivity index (χ0) is 18.8. The van der Waals surface area contributed by atoms with Crippen LogP contribution in [0.25, 0.3) is 0 Å². The summed E-state index contributed by atoms with van der Waals surface area (Å²) in [5.74, 6) is 1.05. The molecule has 7 heteroatoms. The molecule has 2 aromatic rings. The van der Waals surface area contributed by atoms with E-state index in [9.17, 15) is 9.59 Å². The predicted octanol–water partition coefficient (Wildman–Crippen LogP) is 3.41. The van der Waals surface area contributed by atoms with Gasteiger partial charge in [0, 0.05) is 17.2 Å². The fourth-order valence-corrected chi connectivity index (χ4v) is 3.25. The molecule has 3 N–H and O–H groups in total. The summed E-state index contributed by atoms with van der Waals surface area (Å²) in [5, 5.41) is 2.87. The van der Waals surface area contributed by atoms with E-state index in [1.54, 1.807) is 11.8 Å². The monoisotopic (exact) mass is 408 g/mol. The van der Waals surface area contributed by atoms with Crippen molar-refractivity contribution in [3.8, 4) is 0 Å². The number of hydrogen-bond donors (Lipinski definition) is 2. The highest BCUT2D eigenvalue weighted by Gasteiger charge is 2.14. The maximum Gasteiger partial charge on any atom is 0.306 e. The predicted molar refractivity (Wildman–Crippen MR) is 113 cm³/mol. The van der Waals surface area contributed by atoms with Crippen molar-refractivity contribution >= 4 is 41.7 Å².